The molecular formula is C16H10Cl2O2. The third-order valence-corrected chi connectivity index (χ3v) is 3.18. The molecule has 0 N–H and O–H groups in total. The summed E-state index contributed by atoms with van der Waals surface area (Å²) < 4.78 is 0. The summed E-state index contributed by atoms with van der Waals surface area (Å²) in [7, 11) is 0. The van der Waals surface area contributed by atoms with Crippen LogP contribution in [0, 0.1) is 0 Å². The van der Waals surface area contributed by atoms with Gasteiger partial charge in [-0.2, -0.15) is 0 Å². The first kappa shape index (κ1) is 14.5. The van der Waals surface area contributed by atoms with Gasteiger partial charge in [0.1, 0.15) is 0 Å². The Morgan fingerprint density at radius 1 is 0.800 bits per heavy atom. The van der Waals surface area contributed by atoms with E-state index in [0.29, 0.717) is 5.56 Å². The van der Waals surface area contributed by atoms with Crippen molar-refractivity contribution in [2.75, 3.05) is 0 Å². The highest BCUT2D eigenvalue weighted by Gasteiger charge is 2.14. The van der Waals surface area contributed by atoms with Gasteiger partial charge >= 0.3 is 0 Å². The second-order valence-corrected chi connectivity index (χ2v) is 4.75. The Morgan fingerprint density at radius 3 is 1.95 bits per heavy atom. The maximum absolute atomic E-state index is 11.2. The molecule has 0 aliphatic rings. The van der Waals surface area contributed by atoms with E-state index >= 15 is 0 Å². The lowest BCUT2D eigenvalue weighted by Crippen LogP contribution is -2.01. The van der Waals surface area contributed by atoms with Gasteiger partial charge in [0.05, 0.1) is 5.57 Å². The minimum atomic E-state index is -0.868. The SMILES string of the molecule is O=C(Cl)C(=Cc1ccccc1-c1ccccc1)C(=O)Cl. The van der Waals surface area contributed by atoms with Crippen molar-refractivity contribution in [3.05, 3.63) is 65.7 Å². The molecule has 0 unspecified atom stereocenters. The van der Waals surface area contributed by atoms with Gasteiger partial charge < -0.3 is 0 Å². The molecular weight excluding hydrogens is 295 g/mol. The van der Waals surface area contributed by atoms with Gasteiger partial charge in [0, 0.05) is 0 Å². The second kappa shape index (κ2) is 6.51. The van der Waals surface area contributed by atoms with E-state index in [1.165, 1.54) is 6.08 Å². The first-order valence-electron chi connectivity index (χ1n) is 5.85. The number of rotatable bonds is 4. The van der Waals surface area contributed by atoms with Crippen LogP contribution in [0.15, 0.2) is 60.2 Å². The molecule has 0 amide bonds. The first-order chi connectivity index (χ1) is 9.59. The largest absolute Gasteiger partial charge is 0.275 e. The molecule has 4 heteroatoms. The molecule has 0 spiro atoms. The zero-order valence-corrected chi connectivity index (χ0v) is 11.9. The number of hydrogen-bond acceptors (Lipinski definition) is 2. The van der Waals surface area contributed by atoms with Crippen molar-refractivity contribution in [3.8, 4) is 11.1 Å². The van der Waals surface area contributed by atoms with Crippen LogP contribution in [0.2, 0.25) is 0 Å². The van der Waals surface area contributed by atoms with E-state index in [2.05, 4.69) is 0 Å². The standard InChI is InChI=1S/C16H10Cl2O2/c17-15(19)14(16(18)20)10-12-8-4-5-9-13(12)11-6-2-1-3-7-11/h1-10H. The minimum Gasteiger partial charge on any atom is -0.275 e. The van der Waals surface area contributed by atoms with E-state index in [-0.39, 0.29) is 5.57 Å². The molecule has 0 bridgehead atoms. The topological polar surface area (TPSA) is 34.1 Å². The number of allylic oxidation sites excluding steroid dienone is 1. The number of halogens is 2. The molecule has 0 aliphatic carbocycles. The lowest BCUT2D eigenvalue weighted by atomic mass is 9.98. The van der Waals surface area contributed by atoms with Crippen LogP contribution in [0.25, 0.3) is 17.2 Å². The van der Waals surface area contributed by atoms with Crippen molar-refractivity contribution < 1.29 is 9.59 Å². The van der Waals surface area contributed by atoms with E-state index in [1.54, 1.807) is 6.07 Å². The van der Waals surface area contributed by atoms with Crippen LogP contribution in [0.4, 0.5) is 0 Å². The lowest BCUT2D eigenvalue weighted by molar-refractivity contribution is -0.113. The molecule has 2 aromatic rings. The zero-order chi connectivity index (χ0) is 14.5. The van der Waals surface area contributed by atoms with E-state index in [4.69, 9.17) is 23.2 Å². The van der Waals surface area contributed by atoms with Crippen LogP contribution >= 0.6 is 23.2 Å². The van der Waals surface area contributed by atoms with Crippen LogP contribution in [-0.2, 0) is 9.59 Å². The van der Waals surface area contributed by atoms with Crippen molar-refractivity contribution >= 4 is 39.8 Å². The van der Waals surface area contributed by atoms with Gasteiger partial charge in [-0.15, -0.1) is 0 Å². The molecule has 100 valence electrons. The van der Waals surface area contributed by atoms with E-state index in [0.717, 1.165) is 11.1 Å². The Morgan fingerprint density at radius 2 is 1.35 bits per heavy atom. The highest BCUT2D eigenvalue weighted by molar-refractivity contribution is 6.80. The van der Waals surface area contributed by atoms with Crippen molar-refractivity contribution in [1.29, 1.82) is 0 Å². The van der Waals surface area contributed by atoms with Crippen molar-refractivity contribution in [3.63, 3.8) is 0 Å². The third-order valence-electron chi connectivity index (χ3n) is 2.77. The minimum absolute atomic E-state index is 0.239. The molecule has 0 fully saturated rings. The summed E-state index contributed by atoms with van der Waals surface area (Å²) >= 11 is 10.7. The Kier molecular flexibility index (Phi) is 4.72. The van der Waals surface area contributed by atoms with Gasteiger partial charge in [-0.1, -0.05) is 54.6 Å². The van der Waals surface area contributed by atoms with Gasteiger partial charge in [0.15, 0.2) is 0 Å². The van der Waals surface area contributed by atoms with Crippen LogP contribution < -0.4 is 0 Å². The fraction of sp³-hybridized carbons (Fsp3) is 0. The molecule has 0 saturated carbocycles. The Bertz CT molecular complexity index is 660. The maximum atomic E-state index is 11.2. The Balaban J connectivity index is 2.56. The summed E-state index contributed by atoms with van der Waals surface area (Å²) in [6, 6.07) is 17.0. The molecule has 0 atom stereocenters. The van der Waals surface area contributed by atoms with Gasteiger partial charge in [0.2, 0.25) is 0 Å². The predicted molar refractivity (Wildman–Crippen MR) is 81.6 cm³/mol. The van der Waals surface area contributed by atoms with Crippen LogP contribution in [0.3, 0.4) is 0 Å². The summed E-state index contributed by atoms with van der Waals surface area (Å²) in [4.78, 5) is 22.5. The van der Waals surface area contributed by atoms with Crippen LogP contribution in [0.1, 0.15) is 5.56 Å². The summed E-state index contributed by atoms with van der Waals surface area (Å²) in [5.74, 6) is 0. The maximum Gasteiger partial charge on any atom is 0.257 e. The van der Waals surface area contributed by atoms with Crippen LogP contribution in [0.5, 0.6) is 0 Å². The molecule has 0 aliphatic heterocycles. The quantitative estimate of drug-likeness (QED) is 0.366. The molecule has 0 aromatic heterocycles. The number of hydrogen-bond donors (Lipinski definition) is 0. The smallest absolute Gasteiger partial charge is 0.257 e. The zero-order valence-electron chi connectivity index (χ0n) is 10.3. The van der Waals surface area contributed by atoms with Gasteiger partial charge in [-0.3, -0.25) is 9.59 Å². The van der Waals surface area contributed by atoms with Gasteiger partial charge in [-0.25, -0.2) is 0 Å². The van der Waals surface area contributed by atoms with Gasteiger partial charge in [0.25, 0.3) is 10.5 Å². The summed E-state index contributed by atoms with van der Waals surface area (Å²) in [6.07, 6.45) is 1.41. The molecule has 2 aromatic carbocycles. The average Bonchev–Trinajstić information content (AvgIpc) is 2.45. The molecule has 0 heterocycles. The fourth-order valence-corrected chi connectivity index (χ4v) is 2.18. The van der Waals surface area contributed by atoms with Gasteiger partial charge in [-0.05, 0) is 46.0 Å². The Labute approximate surface area is 126 Å². The molecule has 2 nitrogen and oxygen atoms in total. The highest BCUT2D eigenvalue weighted by atomic mass is 35.5. The molecule has 2 rings (SSSR count). The van der Waals surface area contributed by atoms with Crippen LogP contribution in [-0.4, -0.2) is 10.5 Å². The first-order valence-corrected chi connectivity index (χ1v) is 6.61. The monoisotopic (exact) mass is 304 g/mol. The average molecular weight is 305 g/mol. The highest BCUT2D eigenvalue weighted by Crippen LogP contribution is 2.26. The Hall–Kier alpha value is -1.90. The molecule has 0 saturated heterocycles. The summed E-state index contributed by atoms with van der Waals surface area (Å²) in [6.45, 7) is 0. The normalized spacial score (nSPS) is 9.90. The van der Waals surface area contributed by atoms with Crippen molar-refractivity contribution in [2.24, 2.45) is 0 Å². The van der Waals surface area contributed by atoms with Crippen molar-refractivity contribution in [1.82, 2.24) is 0 Å². The summed E-state index contributed by atoms with van der Waals surface area (Å²) in [5, 5.41) is -1.74. The number of carbonyl (C=O) groups is 2. The summed E-state index contributed by atoms with van der Waals surface area (Å²) in [5.41, 5.74) is 2.33. The number of carbonyl (C=O) groups excluding carboxylic acids is 2. The van der Waals surface area contributed by atoms with Crippen molar-refractivity contribution in [2.45, 2.75) is 0 Å². The molecule has 20 heavy (non-hydrogen) atoms. The number of benzene rings is 2. The molecule has 0 radical (unpaired) electrons. The lowest BCUT2D eigenvalue weighted by Gasteiger charge is -2.06. The second-order valence-electron chi connectivity index (χ2n) is 4.06. The fourth-order valence-electron chi connectivity index (χ4n) is 1.85. The van der Waals surface area contributed by atoms with E-state index in [9.17, 15) is 9.59 Å². The van der Waals surface area contributed by atoms with E-state index in [1.807, 2.05) is 48.5 Å². The third kappa shape index (κ3) is 3.35. The van der Waals surface area contributed by atoms with E-state index < -0.39 is 10.5 Å². The predicted octanol–water partition coefficient (Wildman–Crippen LogP) is 4.27.